The van der Waals surface area contributed by atoms with Crippen LogP contribution in [0.1, 0.15) is 33.6 Å². The molecule has 2 atom stereocenters. The van der Waals surface area contributed by atoms with Crippen LogP contribution in [0.2, 0.25) is 0 Å². The highest BCUT2D eigenvalue weighted by atomic mass is 16.5. The molecule has 0 bridgehead atoms. The average molecular weight is 154 g/mol. The molecule has 64 valence electrons. The van der Waals surface area contributed by atoms with Crippen molar-refractivity contribution in [1.29, 1.82) is 0 Å². The highest BCUT2D eigenvalue weighted by molar-refractivity contribution is 5.06. The van der Waals surface area contributed by atoms with E-state index in [1.807, 2.05) is 0 Å². The summed E-state index contributed by atoms with van der Waals surface area (Å²) >= 11 is 0. The molecule has 0 saturated heterocycles. The van der Waals surface area contributed by atoms with Crippen LogP contribution in [-0.2, 0) is 4.74 Å². The van der Waals surface area contributed by atoms with Crippen molar-refractivity contribution in [2.45, 2.75) is 39.7 Å². The monoisotopic (exact) mass is 154 g/mol. The molecular weight excluding hydrogens is 136 g/mol. The van der Waals surface area contributed by atoms with Gasteiger partial charge in [0.1, 0.15) is 0 Å². The number of rotatable bonds is 2. The van der Waals surface area contributed by atoms with Gasteiger partial charge in [0.25, 0.3) is 0 Å². The molecule has 0 N–H and O–H groups in total. The summed E-state index contributed by atoms with van der Waals surface area (Å²) in [6.07, 6.45) is 5.24. The first-order chi connectivity index (χ1) is 5.24. The van der Waals surface area contributed by atoms with Crippen molar-refractivity contribution in [3.8, 4) is 0 Å². The lowest BCUT2D eigenvalue weighted by molar-refractivity contribution is 0.0287. The summed E-state index contributed by atoms with van der Waals surface area (Å²) in [6, 6.07) is 0. The maximum Gasteiger partial charge on any atom is 0.0638 e. The van der Waals surface area contributed by atoms with Gasteiger partial charge in [-0.1, -0.05) is 18.6 Å². The third-order valence-corrected chi connectivity index (χ3v) is 2.34. The second-order valence-corrected chi connectivity index (χ2v) is 3.40. The van der Waals surface area contributed by atoms with Crippen LogP contribution in [0, 0.1) is 5.92 Å². The van der Waals surface area contributed by atoms with E-state index in [1.54, 1.807) is 0 Å². The van der Waals surface area contributed by atoms with E-state index in [0.717, 1.165) is 6.61 Å². The van der Waals surface area contributed by atoms with Crippen LogP contribution >= 0.6 is 0 Å². The highest BCUT2D eigenvalue weighted by Gasteiger charge is 2.19. The highest BCUT2D eigenvalue weighted by Crippen LogP contribution is 2.24. The van der Waals surface area contributed by atoms with Crippen molar-refractivity contribution in [3.63, 3.8) is 0 Å². The van der Waals surface area contributed by atoms with Crippen LogP contribution in [0.4, 0.5) is 0 Å². The van der Waals surface area contributed by atoms with Gasteiger partial charge in [-0.05, 0) is 26.7 Å². The van der Waals surface area contributed by atoms with Gasteiger partial charge >= 0.3 is 0 Å². The molecule has 0 radical (unpaired) electrons. The lowest BCUT2D eigenvalue weighted by atomic mass is 9.90. The molecule has 1 rings (SSSR count). The molecule has 1 aliphatic carbocycles. The van der Waals surface area contributed by atoms with E-state index in [1.165, 1.54) is 18.4 Å². The Morgan fingerprint density at radius 1 is 1.64 bits per heavy atom. The number of hydrogen-bond acceptors (Lipinski definition) is 1. The molecule has 0 aromatic carbocycles. The van der Waals surface area contributed by atoms with Crippen LogP contribution < -0.4 is 0 Å². The van der Waals surface area contributed by atoms with Crippen molar-refractivity contribution >= 4 is 0 Å². The van der Waals surface area contributed by atoms with E-state index in [4.69, 9.17) is 4.74 Å². The lowest BCUT2D eigenvalue weighted by Gasteiger charge is -2.26. The van der Waals surface area contributed by atoms with Gasteiger partial charge in [-0.25, -0.2) is 0 Å². The van der Waals surface area contributed by atoms with Crippen molar-refractivity contribution in [2.24, 2.45) is 5.92 Å². The van der Waals surface area contributed by atoms with Gasteiger partial charge in [-0.3, -0.25) is 0 Å². The van der Waals surface area contributed by atoms with E-state index < -0.39 is 0 Å². The molecule has 1 aliphatic rings. The minimum atomic E-state index is 0.476. The Morgan fingerprint density at radius 3 is 2.91 bits per heavy atom. The molecule has 0 aromatic rings. The normalized spacial score (nSPS) is 31.7. The summed E-state index contributed by atoms with van der Waals surface area (Å²) in [5, 5.41) is 0. The fraction of sp³-hybridized carbons (Fsp3) is 0.800. The number of ether oxygens (including phenoxy) is 1. The first-order valence-corrected chi connectivity index (χ1v) is 4.53. The SMILES string of the molecule is CCOC1CCC(C)=CC1C. The number of allylic oxidation sites excluding steroid dienone is 1. The molecule has 0 fully saturated rings. The minimum absolute atomic E-state index is 0.476. The quantitative estimate of drug-likeness (QED) is 0.556. The molecule has 0 aromatic heterocycles. The van der Waals surface area contributed by atoms with Gasteiger partial charge in [0.15, 0.2) is 0 Å². The lowest BCUT2D eigenvalue weighted by Crippen LogP contribution is -2.23. The van der Waals surface area contributed by atoms with Crippen LogP contribution in [0.3, 0.4) is 0 Å². The van der Waals surface area contributed by atoms with Crippen LogP contribution in [0.25, 0.3) is 0 Å². The topological polar surface area (TPSA) is 9.23 Å². The largest absolute Gasteiger partial charge is 0.378 e. The third kappa shape index (κ3) is 2.33. The second-order valence-electron chi connectivity index (χ2n) is 3.40. The van der Waals surface area contributed by atoms with E-state index in [0.29, 0.717) is 12.0 Å². The third-order valence-electron chi connectivity index (χ3n) is 2.34. The Hall–Kier alpha value is -0.300. The van der Waals surface area contributed by atoms with Gasteiger partial charge < -0.3 is 4.74 Å². The molecule has 0 spiro atoms. The second kappa shape index (κ2) is 3.91. The predicted molar refractivity (Wildman–Crippen MR) is 47.6 cm³/mol. The van der Waals surface area contributed by atoms with E-state index >= 15 is 0 Å². The average Bonchev–Trinajstić information content (AvgIpc) is 1.95. The van der Waals surface area contributed by atoms with E-state index in [-0.39, 0.29) is 0 Å². The fourth-order valence-corrected chi connectivity index (χ4v) is 1.72. The maximum atomic E-state index is 5.60. The Bertz CT molecular complexity index is 149. The van der Waals surface area contributed by atoms with Crippen molar-refractivity contribution in [1.82, 2.24) is 0 Å². The van der Waals surface area contributed by atoms with Crippen LogP contribution in [0.5, 0.6) is 0 Å². The van der Waals surface area contributed by atoms with Gasteiger partial charge in [-0.15, -0.1) is 0 Å². The molecular formula is C10H18O. The minimum Gasteiger partial charge on any atom is -0.378 e. The molecule has 0 amide bonds. The zero-order chi connectivity index (χ0) is 8.27. The Kier molecular flexibility index (Phi) is 3.13. The molecule has 11 heavy (non-hydrogen) atoms. The van der Waals surface area contributed by atoms with Crippen molar-refractivity contribution in [3.05, 3.63) is 11.6 Å². The summed E-state index contributed by atoms with van der Waals surface area (Å²) in [4.78, 5) is 0. The van der Waals surface area contributed by atoms with Gasteiger partial charge in [0.2, 0.25) is 0 Å². The zero-order valence-electron chi connectivity index (χ0n) is 7.76. The molecule has 1 nitrogen and oxygen atoms in total. The summed E-state index contributed by atoms with van der Waals surface area (Å²) < 4.78 is 5.60. The van der Waals surface area contributed by atoms with Gasteiger partial charge in [-0.2, -0.15) is 0 Å². The Labute approximate surface area is 69.4 Å². The smallest absolute Gasteiger partial charge is 0.0638 e. The summed E-state index contributed by atoms with van der Waals surface area (Å²) in [5.74, 6) is 0.615. The number of hydrogen-bond donors (Lipinski definition) is 0. The van der Waals surface area contributed by atoms with Gasteiger partial charge in [0.05, 0.1) is 6.10 Å². The summed E-state index contributed by atoms with van der Waals surface area (Å²) in [7, 11) is 0. The Morgan fingerprint density at radius 2 is 2.36 bits per heavy atom. The van der Waals surface area contributed by atoms with Crippen LogP contribution in [-0.4, -0.2) is 12.7 Å². The fourth-order valence-electron chi connectivity index (χ4n) is 1.72. The maximum absolute atomic E-state index is 5.60. The summed E-state index contributed by atoms with van der Waals surface area (Å²) in [6.45, 7) is 7.36. The van der Waals surface area contributed by atoms with Crippen LogP contribution in [0.15, 0.2) is 11.6 Å². The summed E-state index contributed by atoms with van der Waals surface area (Å²) in [5.41, 5.74) is 1.52. The van der Waals surface area contributed by atoms with E-state index in [2.05, 4.69) is 26.8 Å². The van der Waals surface area contributed by atoms with Gasteiger partial charge in [0, 0.05) is 12.5 Å². The molecule has 0 heterocycles. The van der Waals surface area contributed by atoms with E-state index in [9.17, 15) is 0 Å². The first-order valence-electron chi connectivity index (χ1n) is 4.53. The molecule has 0 aliphatic heterocycles. The molecule has 1 heteroatoms. The Balaban J connectivity index is 2.46. The van der Waals surface area contributed by atoms with Crippen molar-refractivity contribution in [2.75, 3.05) is 6.61 Å². The van der Waals surface area contributed by atoms with Crippen molar-refractivity contribution < 1.29 is 4.74 Å². The first kappa shape index (κ1) is 8.79. The predicted octanol–water partition coefficient (Wildman–Crippen LogP) is 2.77. The molecule has 0 saturated carbocycles. The molecule has 2 unspecified atom stereocenters. The zero-order valence-corrected chi connectivity index (χ0v) is 7.76. The standard InChI is InChI=1S/C10H18O/c1-4-11-10-6-5-8(2)7-9(10)3/h7,9-10H,4-6H2,1-3H3.